The highest BCUT2D eigenvalue weighted by atomic mass is 35.5. The van der Waals surface area contributed by atoms with Crippen LogP contribution in [0.4, 0.5) is 5.69 Å². The summed E-state index contributed by atoms with van der Waals surface area (Å²) in [7, 11) is -2.10. The topological polar surface area (TPSA) is 110 Å². The largest absolute Gasteiger partial charge is 0.497 e. The number of pyridine rings is 2. The summed E-state index contributed by atoms with van der Waals surface area (Å²) in [5, 5.41) is 0.533. The Morgan fingerprint density at radius 3 is 2.47 bits per heavy atom. The van der Waals surface area contributed by atoms with Crippen molar-refractivity contribution >= 4 is 38.5 Å². The highest BCUT2D eigenvalue weighted by Gasteiger charge is 2.15. The summed E-state index contributed by atoms with van der Waals surface area (Å²) in [5.41, 5.74) is 4.46. The Kier molecular flexibility index (Phi) is 6.58. The first-order valence-corrected chi connectivity index (χ1v) is 13.0. The molecule has 182 valence electrons. The van der Waals surface area contributed by atoms with Crippen LogP contribution in [0.25, 0.3) is 22.3 Å². The van der Waals surface area contributed by atoms with Gasteiger partial charge in [-0.05, 0) is 60.5 Å². The third kappa shape index (κ3) is 5.32. The second-order valence-electron chi connectivity index (χ2n) is 8.10. The molecular formula is C26H22ClN5O3S. The molecule has 0 aliphatic rings. The minimum atomic E-state index is -3.73. The van der Waals surface area contributed by atoms with Crippen LogP contribution in [-0.2, 0) is 22.9 Å². The van der Waals surface area contributed by atoms with Crippen LogP contribution in [0.3, 0.4) is 0 Å². The first kappa shape index (κ1) is 23.8. The van der Waals surface area contributed by atoms with E-state index in [2.05, 4.69) is 24.7 Å². The fourth-order valence-corrected chi connectivity index (χ4v) is 4.93. The third-order valence-electron chi connectivity index (χ3n) is 5.62. The molecule has 0 atom stereocenters. The van der Waals surface area contributed by atoms with Crippen molar-refractivity contribution in [2.24, 2.45) is 0 Å². The van der Waals surface area contributed by atoms with E-state index < -0.39 is 10.0 Å². The highest BCUT2D eigenvalue weighted by Crippen LogP contribution is 2.25. The number of hydrogen-bond donors (Lipinski definition) is 2. The molecule has 36 heavy (non-hydrogen) atoms. The van der Waals surface area contributed by atoms with Crippen molar-refractivity contribution in [1.82, 2.24) is 19.9 Å². The van der Waals surface area contributed by atoms with E-state index in [9.17, 15) is 8.42 Å². The maximum atomic E-state index is 12.7. The van der Waals surface area contributed by atoms with E-state index in [4.69, 9.17) is 16.3 Å². The Hall–Kier alpha value is -3.95. The summed E-state index contributed by atoms with van der Waals surface area (Å²) < 4.78 is 33.3. The molecule has 10 heteroatoms. The first-order valence-electron chi connectivity index (χ1n) is 11.1. The Morgan fingerprint density at radius 1 is 0.944 bits per heavy atom. The molecule has 0 saturated carbocycles. The Balaban J connectivity index is 1.31. The molecular weight excluding hydrogens is 498 g/mol. The van der Waals surface area contributed by atoms with Gasteiger partial charge in [0.15, 0.2) is 5.65 Å². The molecule has 2 aromatic carbocycles. The smallest absolute Gasteiger partial charge is 0.261 e. The van der Waals surface area contributed by atoms with Gasteiger partial charge in [0.25, 0.3) is 10.0 Å². The minimum absolute atomic E-state index is 0.156. The lowest BCUT2D eigenvalue weighted by atomic mass is 10.1. The number of aromatic nitrogens is 4. The molecule has 5 aromatic rings. The predicted octanol–water partition coefficient (Wildman–Crippen LogP) is 5.27. The van der Waals surface area contributed by atoms with Crippen LogP contribution in [0.15, 0.2) is 84.0 Å². The number of hydrogen-bond acceptors (Lipinski definition) is 6. The van der Waals surface area contributed by atoms with Crippen LogP contribution in [0.5, 0.6) is 5.75 Å². The van der Waals surface area contributed by atoms with Crippen LogP contribution in [0.1, 0.15) is 11.5 Å². The maximum Gasteiger partial charge on any atom is 0.261 e. The van der Waals surface area contributed by atoms with Gasteiger partial charge in [0.05, 0.1) is 12.0 Å². The molecule has 2 N–H and O–H groups in total. The monoisotopic (exact) mass is 519 g/mol. The fraction of sp³-hybridized carbons (Fsp3) is 0.115. The number of imidazole rings is 1. The zero-order valence-electron chi connectivity index (χ0n) is 19.3. The number of fused-ring (bicyclic) bond motifs is 1. The fourth-order valence-electron chi connectivity index (χ4n) is 3.75. The lowest BCUT2D eigenvalue weighted by Crippen LogP contribution is -2.12. The molecule has 0 amide bonds. The van der Waals surface area contributed by atoms with Crippen molar-refractivity contribution in [2.45, 2.75) is 17.7 Å². The van der Waals surface area contributed by atoms with Gasteiger partial charge in [0, 0.05) is 46.8 Å². The van der Waals surface area contributed by atoms with Crippen LogP contribution < -0.4 is 9.46 Å². The molecule has 3 aromatic heterocycles. The van der Waals surface area contributed by atoms with E-state index in [0.29, 0.717) is 29.2 Å². The normalized spacial score (nSPS) is 11.5. The van der Waals surface area contributed by atoms with Gasteiger partial charge in [-0.3, -0.25) is 9.71 Å². The minimum Gasteiger partial charge on any atom is -0.497 e. The van der Waals surface area contributed by atoms with Gasteiger partial charge < -0.3 is 9.72 Å². The summed E-state index contributed by atoms with van der Waals surface area (Å²) in [5.74, 6) is 1.59. The number of H-pyrrole nitrogens is 1. The van der Waals surface area contributed by atoms with E-state index in [1.165, 1.54) is 0 Å². The Bertz CT molecular complexity index is 1620. The molecule has 0 saturated heterocycles. The lowest BCUT2D eigenvalue weighted by molar-refractivity contribution is 0.413. The summed E-state index contributed by atoms with van der Waals surface area (Å²) in [6, 6.07) is 18.8. The molecule has 8 nitrogen and oxygen atoms in total. The Morgan fingerprint density at radius 2 is 1.72 bits per heavy atom. The van der Waals surface area contributed by atoms with Crippen molar-refractivity contribution in [2.75, 3.05) is 11.8 Å². The van der Waals surface area contributed by atoms with Crippen LogP contribution in [-0.4, -0.2) is 35.5 Å². The molecule has 0 radical (unpaired) electrons. The van der Waals surface area contributed by atoms with Gasteiger partial charge in [-0.2, -0.15) is 0 Å². The van der Waals surface area contributed by atoms with Gasteiger partial charge in [0.1, 0.15) is 17.1 Å². The summed E-state index contributed by atoms with van der Waals surface area (Å²) in [6.45, 7) is 0. The van der Waals surface area contributed by atoms with Gasteiger partial charge in [-0.1, -0.05) is 23.7 Å². The lowest BCUT2D eigenvalue weighted by Gasteiger charge is -2.09. The van der Waals surface area contributed by atoms with E-state index in [-0.39, 0.29) is 4.90 Å². The average molecular weight is 520 g/mol. The number of aryl methyl sites for hydroxylation is 2. The van der Waals surface area contributed by atoms with Gasteiger partial charge in [-0.25, -0.2) is 18.4 Å². The van der Waals surface area contributed by atoms with Crippen LogP contribution >= 0.6 is 11.6 Å². The molecule has 0 spiro atoms. The quantitative estimate of drug-likeness (QED) is 0.289. The molecule has 3 heterocycles. The highest BCUT2D eigenvalue weighted by molar-refractivity contribution is 7.92. The number of sulfonamides is 1. The SMILES string of the molecule is COc1ccnc(CCc2nc3cc(-c4ccc(S(=O)(=O)Nc5ccc(Cl)cc5)cc4)cnc3[nH]2)c1. The number of halogens is 1. The zero-order valence-corrected chi connectivity index (χ0v) is 20.8. The number of benzene rings is 2. The molecule has 5 rings (SSSR count). The predicted molar refractivity (Wildman–Crippen MR) is 140 cm³/mol. The molecule has 0 aliphatic heterocycles. The number of methoxy groups -OCH3 is 1. The molecule has 0 unspecified atom stereocenters. The summed E-state index contributed by atoms with van der Waals surface area (Å²) in [4.78, 5) is 17.0. The number of rotatable bonds is 8. The molecule has 0 aliphatic carbocycles. The average Bonchev–Trinajstić information content (AvgIpc) is 3.31. The van der Waals surface area contributed by atoms with Crippen molar-refractivity contribution in [3.8, 4) is 16.9 Å². The number of aromatic amines is 1. The number of nitrogens with zero attached hydrogens (tertiary/aromatic N) is 3. The van der Waals surface area contributed by atoms with Crippen LogP contribution in [0, 0.1) is 0 Å². The van der Waals surface area contributed by atoms with E-state index >= 15 is 0 Å². The first-order chi connectivity index (χ1) is 17.4. The molecule has 0 fully saturated rings. The van der Waals surface area contributed by atoms with Gasteiger partial charge >= 0.3 is 0 Å². The van der Waals surface area contributed by atoms with Gasteiger partial charge in [0.2, 0.25) is 0 Å². The second-order valence-corrected chi connectivity index (χ2v) is 10.2. The van der Waals surface area contributed by atoms with Crippen molar-refractivity contribution < 1.29 is 13.2 Å². The Labute approximate surface area is 213 Å². The van der Waals surface area contributed by atoms with E-state index in [1.54, 1.807) is 68.0 Å². The number of ether oxygens (including phenoxy) is 1. The van der Waals surface area contributed by atoms with Crippen LogP contribution in [0.2, 0.25) is 5.02 Å². The standard InChI is InChI=1S/C26H22ClN5O3S/c1-35-22-12-13-28-21(15-22)8-11-25-30-24-14-18(16-29-26(24)31-25)17-2-9-23(10-3-17)36(33,34)32-20-6-4-19(27)5-7-20/h2-7,9-10,12-16,32H,8,11H2,1H3,(H,29,30,31). The number of anilines is 1. The van der Waals surface area contributed by atoms with E-state index in [1.807, 2.05) is 18.2 Å². The molecule has 0 bridgehead atoms. The zero-order chi connectivity index (χ0) is 25.1. The second kappa shape index (κ2) is 9.96. The maximum absolute atomic E-state index is 12.7. The summed E-state index contributed by atoms with van der Waals surface area (Å²) in [6.07, 6.45) is 4.86. The van der Waals surface area contributed by atoms with E-state index in [0.717, 1.165) is 33.9 Å². The van der Waals surface area contributed by atoms with Crippen molar-refractivity contribution in [3.63, 3.8) is 0 Å². The number of nitrogens with one attached hydrogen (secondary N) is 2. The van der Waals surface area contributed by atoms with Gasteiger partial charge in [-0.15, -0.1) is 0 Å². The van der Waals surface area contributed by atoms with Crippen molar-refractivity contribution in [3.05, 3.63) is 95.7 Å². The third-order valence-corrected chi connectivity index (χ3v) is 7.27. The summed E-state index contributed by atoms with van der Waals surface area (Å²) >= 11 is 5.87. The van der Waals surface area contributed by atoms with Crippen molar-refractivity contribution in [1.29, 1.82) is 0 Å².